The fourth-order valence-corrected chi connectivity index (χ4v) is 2.59. The Balaban J connectivity index is 1.81. The normalized spacial score (nSPS) is 11.2. The molecule has 0 aliphatic carbocycles. The van der Waals surface area contributed by atoms with Crippen LogP contribution in [0.1, 0.15) is 0 Å². The second-order valence-electron chi connectivity index (χ2n) is 4.33. The molecule has 20 heavy (non-hydrogen) atoms. The smallest absolute Gasteiger partial charge is 0.276 e. The number of rotatable bonds is 2. The molecule has 0 atom stereocenters. The van der Waals surface area contributed by atoms with Crippen molar-refractivity contribution in [3.63, 3.8) is 0 Å². The third-order valence-electron chi connectivity index (χ3n) is 2.98. The molecule has 0 N–H and O–H groups in total. The van der Waals surface area contributed by atoms with Gasteiger partial charge in [0.2, 0.25) is 5.82 Å². The summed E-state index contributed by atoms with van der Waals surface area (Å²) >= 11 is 1.60. The highest BCUT2D eigenvalue weighted by Gasteiger charge is 2.13. The highest BCUT2D eigenvalue weighted by molar-refractivity contribution is 7.08. The largest absolute Gasteiger partial charge is 0.332 e. The summed E-state index contributed by atoms with van der Waals surface area (Å²) in [4.78, 5) is 13.1. The number of hydrogen-bond donors (Lipinski definition) is 0. The second kappa shape index (κ2) is 4.24. The zero-order chi connectivity index (χ0) is 13.5. The van der Waals surface area contributed by atoms with Gasteiger partial charge in [-0.2, -0.15) is 16.3 Å². The second-order valence-corrected chi connectivity index (χ2v) is 5.11. The summed E-state index contributed by atoms with van der Waals surface area (Å²) in [5.41, 5.74) is 3.23. The predicted molar refractivity (Wildman–Crippen MR) is 75.1 cm³/mol. The van der Waals surface area contributed by atoms with Crippen molar-refractivity contribution in [2.75, 3.05) is 0 Å². The van der Waals surface area contributed by atoms with Crippen LogP contribution in [-0.4, -0.2) is 24.7 Å². The van der Waals surface area contributed by atoms with Crippen LogP contribution in [0.15, 0.2) is 39.8 Å². The lowest BCUT2D eigenvalue weighted by Gasteiger charge is -1.95. The van der Waals surface area contributed by atoms with Gasteiger partial charge in [-0.3, -0.25) is 0 Å². The van der Waals surface area contributed by atoms with E-state index in [1.54, 1.807) is 17.7 Å². The van der Waals surface area contributed by atoms with E-state index in [0.717, 1.165) is 16.7 Å². The molecule has 0 aromatic carbocycles. The van der Waals surface area contributed by atoms with Gasteiger partial charge < -0.3 is 9.09 Å². The van der Waals surface area contributed by atoms with Crippen LogP contribution < -0.4 is 0 Å². The van der Waals surface area contributed by atoms with Crippen molar-refractivity contribution in [1.29, 1.82) is 0 Å². The van der Waals surface area contributed by atoms with Crippen molar-refractivity contribution in [3.8, 4) is 23.0 Å². The van der Waals surface area contributed by atoms with E-state index >= 15 is 0 Å². The van der Waals surface area contributed by atoms with Gasteiger partial charge in [-0.25, -0.2) is 9.97 Å². The minimum atomic E-state index is 0.411. The molecule has 98 valence electrons. The predicted octanol–water partition coefficient (Wildman–Crippen LogP) is 2.75. The van der Waals surface area contributed by atoms with Gasteiger partial charge in [0.25, 0.3) is 5.89 Å². The summed E-state index contributed by atoms with van der Waals surface area (Å²) in [6.45, 7) is 0. The van der Waals surface area contributed by atoms with Gasteiger partial charge in [0.1, 0.15) is 11.2 Å². The van der Waals surface area contributed by atoms with Gasteiger partial charge in [0.15, 0.2) is 5.65 Å². The van der Waals surface area contributed by atoms with Crippen LogP contribution in [0.5, 0.6) is 0 Å². The minimum Gasteiger partial charge on any atom is -0.332 e. The van der Waals surface area contributed by atoms with Crippen LogP contribution in [0.25, 0.3) is 34.1 Å². The molecule has 0 aliphatic rings. The maximum absolute atomic E-state index is 5.29. The highest BCUT2D eigenvalue weighted by Crippen LogP contribution is 2.23. The standard InChI is InChI=1S/C13H9N5OS/c1-18-7-14-9-2-3-10(15-12(9)18)13-16-11(17-19-13)8-4-5-20-6-8/h2-7H,1H3. The molecule has 6 nitrogen and oxygen atoms in total. The van der Waals surface area contributed by atoms with E-state index in [-0.39, 0.29) is 0 Å². The van der Waals surface area contributed by atoms with Crippen molar-refractivity contribution in [1.82, 2.24) is 24.7 Å². The zero-order valence-electron chi connectivity index (χ0n) is 10.5. The number of aryl methyl sites for hydroxylation is 1. The SMILES string of the molecule is Cn1cnc2ccc(-c3nc(-c4ccsc4)no3)nc21. The Morgan fingerprint density at radius 2 is 2.15 bits per heavy atom. The first-order valence-corrected chi connectivity index (χ1v) is 6.90. The molecule has 0 radical (unpaired) electrons. The molecule has 0 bridgehead atoms. The fraction of sp³-hybridized carbons (Fsp3) is 0.0769. The monoisotopic (exact) mass is 283 g/mol. The maximum Gasteiger partial charge on any atom is 0.276 e. The van der Waals surface area contributed by atoms with Gasteiger partial charge in [-0.15, -0.1) is 0 Å². The molecule has 0 aliphatic heterocycles. The van der Waals surface area contributed by atoms with Gasteiger partial charge >= 0.3 is 0 Å². The summed E-state index contributed by atoms with van der Waals surface area (Å²) in [5.74, 6) is 0.988. The summed E-state index contributed by atoms with van der Waals surface area (Å²) in [6.07, 6.45) is 1.73. The first-order valence-electron chi connectivity index (χ1n) is 5.96. The van der Waals surface area contributed by atoms with Gasteiger partial charge in [-0.05, 0) is 23.6 Å². The number of imidazole rings is 1. The Kier molecular flexibility index (Phi) is 2.40. The fourth-order valence-electron chi connectivity index (χ4n) is 1.96. The van der Waals surface area contributed by atoms with Crippen LogP contribution in [0, 0.1) is 0 Å². The molecule has 4 aromatic rings. The summed E-state index contributed by atoms with van der Waals surface area (Å²) < 4.78 is 7.15. The molecular formula is C13H9N5OS. The Labute approximate surface area is 117 Å². The number of hydrogen-bond acceptors (Lipinski definition) is 6. The van der Waals surface area contributed by atoms with Crippen molar-refractivity contribution in [2.45, 2.75) is 0 Å². The molecule has 4 heterocycles. The van der Waals surface area contributed by atoms with Gasteiger partial charge in [-0.1, -0.05) is 5.16 Å². The molecule has 0 saturated carbocycles. The van der Waals surface area contributed by atoms with Crippen LogP contribution in [0.3, 0.4) is 0 Å². The van der Waals surface area contributed by atoms with Crippen LogP contribution in [-0.2, 0) is 7.05 Å². The average Bonchev–Trinajstić information content (AvgIpc) is 3.18. The number of aromatic nitrogens is 5. The van der Waals surface area contributed by atoms with E-state index < -0.39 is 0 Å². The molecule has 0 saturated heterocycles. The topological polar surface area (TPSA) is 69.6 Å². The third kappa shape index (κ3) is 1.71. The van der Waals surface area contributed by atoms with Crippen molar-refractivity contribution in [3.05, 3.63) is 35.3 Å². The lowest BCUT2D eigenvalue weighted by atomic mass is 10.3. The summed E-state index contributed by atoms with van der Waals surface area (Å²) in [7, 11) is 1.90. The first-order chi connectivity index (χ1) is 9.81. The summed E-state index contributed by atoms with van der Waals surface area (Å²) in [5, 5.41) is 7.94. The number of pyridine rings is 1. The quantitative estimate of drug-likeness (QED) is 0.565. The lowest BCUT2D eigenvalue weighted by Crippen LogP contribution is -1.90. The molecule has 4 rings (SSSR count). The highest BCUT2D eigenvalue weighted by atomic mass is 32.1. The van der Waals surface area contributed by atoms with Crippen LogP contribution in [0.2, 0.25) is 0 Å². The van der Waals surface area contributed by atoms with E-state index in [2.05, 4.69) is 20.1 Å². The minimum absolute atomic E-state index is 0.411. The van der Waals surface area contributed by atoms with E-state index in [9.17, 15) is 0 Å². The molecule has 0 unspecified atom stereocenters. The van der Waals surface area contributed by atoms with E-state index in [1.807, 2.05) is 40.6 Å². The molecule has 0 amide bonds. The Bertz CT molecular complexity index is 877. The van der Waals surface area contributed by atoms with E-state index in [1.165, 1.54) is 0 Å². The number of fused-ring (bicyclic) bond motifs is 1. The van der Waals surface area contributed by atoms with E-state index in [0.29, 0.717) is 17.4 Å². The van der Waals surface area contributed by atoms with Gasteiger partial charge in [0.05, 0.1) is 6.33 Å². The Morgan fingerprint density at radius 1 is 1.20 bits per heavy atom. The zero-order valence-corrected chi connectivity index (χ0v) is 11.3. The maximum atomic E-state index is 5.29. The number of nitrogens with zero attached hydrogens (tertiary/aromatic N) is 5. The Morgan fingerprint density at radius 3 is 3.00 bits per heavy atom. The van der Waals surface area contributed by atoms with Crippen LogP contribution in [0.4, 0.5) is 0 Å². The van der Waals surface area contributed by atoms with Crippen molar-refractivity contribution in [2.24, 2.45) is 7.05 Å². The number of thiophene rings is 1. The Hall–Kier alpha value is -2.54. The summed E-state index contributed by atoms with van der Waals surface area (Å²) in [6, 6.07) is 5.68. The molecule has 4 aromatic heterocycles. The van der Waals surface area contributed by atoms with Crippen LogP contribution >= 0.6 is 11.3 Å². The average molecular weight is 283 g/mol. The van der Waals surface area contributed by atoms with Crippen molar-refractivity contribution < 1.29 is 4.52 Å². The van der Waals surface area contributed by atoms with Gasteiger partial charge in [0, 0.05) is 18.0 Å². The lowest BCUT2D eigenvalue weighted by molar-refractivity contribution is 0.431. The molecule has 0 fully saturated rings. The molecular weight excluding hydrogens is 274 g/mol. The van der Waals surface area contributed by atoms with E-state index in [4.69, 9.17) is 4.52 Å². The molecule has 7 heteroatoms. The third-order valence-corrected chi connectivity index (χ3v) is 3.67. The first kappa shape index (κ1) is 11.3. The van der Waals surface area contributed by atoms with Crippen molar-refractivity contribution >= 4 is 22.5 Å². The molecule has 0 spiro atoms.